The van der Waals surface area contributed by atoms with Gasteiger partial charge in [0.15, 0.2) is 0 Å². The number of nitrogens with zero attached hydrogens (tertiary/aromatic N) is 1. The van der Waals surface area contributed by atoms with Crippen LogP contribution in [0.5, 0.6) is 0 Å². The van der Waals surface area contributed by atoms with E-state index in [9.17, 15) is 9.59 Å². The second-order valence-electron chi connectivity index (χ2n) is 7.17. The smallest absolute Gasteiger partial charge is 0.263 e. The van der Waals surface area contributed by atoms with Gasteiger partial charge in [0.1, 0.15) is 4.88 Å². The van der Waals surface area contributed by atoms with Crippen LogP contribution >= 0.6 is 11.3 Å². The molecular formula is C19H31N3O2S. The van der Waals surface area contributed by atoms with Crippen molar-refractivity contribution >= 4 is 23.2 Å². The summed E-state index contributed by atoms with van der Waals surface area (Å²) in [7, 11) is 0. The van der Waals surface area contributed by atoms with E-state index in [0.29, 0.717) is 11.4 Å². The van der Waals surface area contributed by atoms with Crippen LogP contribution in [-0.2, 0) is 11.2 Å². The molecule has 2 rings (SSSR count). The first-order valence-corrected chi connectivity index (χ1v) is 10.4. The van der Waals surface area contributed by atoms with Crippen molar-refractivity contribution < 1.29 is 9.59 Å². The third kappa shape index (κ3) is 5.53. The number of hydrogen-bond donors (Lipinski definition) is 2. The van der Waals surface area contributed by atoms with Crippen LogP contribution < -0.4 is 10.6 Å². The molecule has 1 aromatic rings. The van der Waals surface area contributed by atoms with E-state index >= 15 is 0 Å². The molecule has 5 nitrogen and oxygen atoms in total. The predicted octanol–water partition coefficient (Wildman–Crippen LogP) is 3.69. The SMILES string of the molecule is CCCC(C)C(=O)NCC1(NC(=O)c2cnc(CC)s2)CCCCC1. The molecule has 1 fully saturated rings. The summed E-state index contributed by atoms with van der Waals surface area (Å²) in [5, 5.41) is 7.29. The molecule has 1 aliphatic rings. The quantitative estimate of drug-likeness (QED) is 0.738. The maximum Gasteiger partial charge on any atom is 0.263 e. The van der Waals surface area contributed by atoms with Gasteiger partial charge in [-0.3, -0.25) is 9.59 Å². The van der Waals surface area contributed by atoms with E-state index in [1.54, 1.807) is 6.20 Å². The second kappa shape index (κ2) is 9.32. The number of thiazole rings is 1. The summed E-state index contributed by atoms with van der Waals surface area (Å²) in [5.41, 5.74) is -0.326. The Morgan fingerprint density at radius 3 is 2.60 bits per heavy atom. The molecule has 0 aliphatic heterocycles. The Hall–Kier alpha value is -1.43. The van der Waals surface area contributed by atoms with E-state index in [1.165, 1.54) is 17.8 Å². The summed E-state index contributed by atoms with van der Waals surface area (Å²) in [5.74, 6) is 0.0528. The lowest BCUT2D eigenvalue weighted by molar-refractivity contribution is -0.125. The van der Waals surface area contributed by atoms with Gasteiger partial charge in [-0.25, -0.2) is 4.98 Å². The maximum absolute atomic E-state index is 12.7. The first-order valence-electron chi connectivity index (χ1n) is 9.54. The zero-order valence-electron chi connectivity index (χ0n) is 15.7. The fraction of sp³-hybridized carbons (Fsp3) is 0.737. The van der Waals surface area contributed by atoms with Crippen molar-refractivity contribution in [2.45, 2.75) is 77.7 Å². The Morgan fingerprint density at radius 1 is 1.28 bits per heavy atom. The molecule has 0 radical (unpaired) electrons. The van der Waals surface area contributed by atoms with Crippen molar-refractivity contribution in [2.75, 3.05) is 6.54 Å². The number of carbonyl (C=O) groups excluding carboxylic acids is 2. The molecule has 0 aromatic carbocycles. The van der Waals surface area contributed by atoms with Gasteiger partial charge >= 0.3 is 0 Å². The second-order valence-corrected chi connectivity index (χ2v) is 8.29. The third-order valence-electron chi connectivity index (χ3n) is 5.04. The topological polar surface area (TPSA) is 71.1 Å². The minimum absolute atomic E-state index is 0.0231. The highest BCUT2D eigenvalue weighted by Gasteiger charge is 2.35. The number of rotatable bonds is 8. The van der Waals surface area contributed by atoms with Crippen molar-refractivity contribution in [1.82, 2.24) is 15.6 Å². The molecule has 0 bridgehead atoms. The number of nitrogens with one attached hydrogen (secondary N) is 2. The Kier molecular flexibility index (Phi) is 7.41. The maximum atomic E-state index is 12.7. The van der Waals surface area contributed by atoms with Gasteiger partial charge in [0.05, 0.1) is 16.7 Å². The van der Waals surface area contributed by atoms with E-state index in [0.717, 1.165) is 50.0 Å². The summed E-state index contributed by atoms with van der Waals surface area (Å²) in [4.78, 5) is 29.9. The van der Waals surface area contributed by atoms with Crippen LogP contribution in [0.1, 0.15) is 80.4 Å². The average Bonchev–Trinajstić information content (AvgIpc) is 3.10. The van der Waals surface area contributed by atoms with Gasteiger partial charge in [0.2, 0.25) is 5.91 Å². The highest BCUT2D eigenvalue weighted by atomic mass is 32.1. The van der Waals surface area contributed by atoms with Crippen molar-refractivity contribution in [3.8, 4) is 0 Å². The van der Waals surface area contributed by atoms with Gasteiger partial charge in [0.25, 0.3) is 5.91 Å². The zero-order valence-corrected chi connectivity index (χ0v) is 16.5. The van der Waals surface area contributed by atoms with Crippen LogP contribution in [0.2, 0.25) is 0 Å². The van der Waals surface area contributed by atoms with Crippen LogP contribution in [0, 0.1) is 5.92 Å². The fourth-order valence-electron chi connectivity index (χ4n) is 3.45. The predicted molar refractivity (Wildman–Crippen MR) is 102 cm³/mol. The van der Waals surface area contributed by atoms with Crippen LogP contribution in [0.3, 0.4) is 0 Å². The zero-order chi connectivity index (χ0) is 18.3. The van der Waals surface area contributed by atoms with Crippen molar-refractivity contribution in [1.29, 1.82) is 0 Å². The monoisotopic (exact) mass is 365 g/mol. The van der Waals surface area contributed by atoms with Gasteiger partial charge in [0, 0.05) is 12.5 Å². The molecule has 0 spiro atoms. The van der Waals surface area contributed by atoms with Gasteiger partial charge in [-0.15, -0.1) is 11.3 Å². The van der Waals surface area contributed by atoms with Crippen LogP contribution in [0.25, 0.3) is 0 Å². The minimum atomic E-state index is -0.326. The van der Waals surface area contributed by atoms with Crippen LogP contribution in [0.4, 0.5) is 0 Å². The van der Waals surface area contributed by atoms with E-state index in [-0.39, 0.29) is 23.3 Å². The van der Waals surface area contributed by atoms with Gasteiger partial charge < -0.3 is 10.6 Å². The molecule has 0 saturated heterocycles. The number of aryl methyl sites for hydroxylation is 1. The summed E-state index contributed by atoms with van der Waals surface area (Å²) in [6.07, 6.45) is 9.60. The largest absolute Gasteiger partial charge is 0.354 e. The highest BCUT2D eigenvalue weighted by Crippen LogP contribution is 2.29. The molecule has 140 valence electrons. The average molecular weight is 366 g/mol. The number of carbonyl (C=O) groups is 2. The van der Waals surface area contributed by atoms with Crippen LogP contribution in [-0.4, -0.2) is 28.9 Å². The van der Waals surface area contributed by atoms with E-state index in [2.05, 4.69) is 22.5 Å². The third-order valence-corrected chi connectivity index (χ3v) is 6.18. The van der Waals surface area contributed by atoms with Gasteiger partial charge in [-0.2, -0.15) is 0 Å². The molecule has 2 N–H and O–H groups in total. The van der Waals surface area contributed by atoms with Crippen molar-refractivity contribution in [2.24, 2.45) is 5.92 Å². The summed E-state index contributed by atoms with van der Waals surface area (Å²) in [6.45, 7) is 6.61. The Balaban J connectivity index is 2.01. The lowest BCUT2D eigenvalue weighted by Gasteiger charge is -2.38. The van der Waals surface area contributed by atoms with Gasteiger partial charge in [-0.1, -0.05) is 46.5 Å². The fourth-order valence-corrected chi connectivity index (χ4v) is 4.20. The molecule has 1 unspecified atom stereocenters. The standard InChI is InChI=1S/C19H31N3O2S/c1-4-9-14(3)17(23)21-13-19(10-7-6-8-11-19)22-18(24)15-12-20-16(5-2)25-15/h12,14H,4-11,13H2,1-3H3,(H,21,23)(H,22,24). The molecule has 1 saturated carbocycles. The lowest BCUT2D eigenvalue weighted by atomic mass is 9.81. The summed E-state index contributed by atoms with van der Waals surface area (Å²) in [6, 6.07) is 0. The molecule has 6 heteroatoms. The van der Waals surface area contributed by atoms with E-state index in [4.69, 9.17) is 0 Å². The first-order chi connectivity index (χ1) is 12.0. The molecule has 1 aliphatic carbocycles. The van der Waals surface area contributed by atoms with Crippen molar-refractivity contribution in [3.63, 3.8) is 0 Å². The van der Waals surface area contributed by atoms with E-state index in [1.807, 2.05) is 13.8 Å². The molecular weight excluding hydrogens is 334 g/mol. The molecule has 1 heterocycles. The summed E-state index contributed by atoms with van der Waals surface area (Å²) < 4.78 is 0. The summed E-state index contributed by atoms with van der Waals surface area (Å²) >= 11 is 1.45. The van der Waals surface area contributed by atoms with Gasteiger partial charge in [-0.05, 0) is 25.7 Å². The number of hydrogen-bond acceptors (Lipinski definition) is 4. The lowest BCUT2D eigenvalue weighted by Crippen LogP contribution is -2.57. The van der Waals surface area contributed by atoms with E-state index < -0.39 is 0 Å². The molecule has 1 atom stereocenters. The number of aromatic nitrogens is 1. The van der Waals surface area contributed by atoms with Crippen molar-refractivity contribution in [3.05, 3.63) is 16.1 Å². The minimum Gasteiger partial charge on any atom is -0.354 e. The Bertz CT molecular complexity index is 579. The highest BCUT2D eigenvalue weighted by molar-refractivity contribution is 7.13. The first kappa shape index (κ1) is 19.9. The molecule has 25 heavy (non-hydrogen) atoms. The number of amides is 2. The Morgan fingerprint density at radius 2 is 2.00 bits per heavy atom. The Labute approximate surface area is 155 Å². The normalized spacial score (nSPS) is 17.7. The molecule has 2 amide bonds. The van der Waals surface area contributed by atoms with Crippen LogP contribution in [0.15, 0.2) is 6.20 Å². The molecule has 1 aromatic heterocycles.